The number of rotatable bonds is 6. The molecule has 0 aliphatic rings. The van der Waals surface area contributed by atoms with E-state index in [2.05, 4.69) is 20.8 Å². The maximum absolute atomic E-state index is 14.7. The van der Waals surface area contributed by atoms with Gasteiger partial charge in [0.2, 0.25) is 5.82 Å². The van der Waals surface area contributed by atoms with E-state index in [4.69, 9.17) is 20.8 Å². The first-order valence-electron chi connectivity index (χ1n) is 7.38. The van der Waals surface area contributed by atoms with Crippen molar-refractivity contribution < 1.29 is 23.4 Å². The number of aryl methyl sites for hydroxylation is 1. The van der Waals surface area contributed by atoms with Crippen molar-refractivity contribution in [1.82, 2.24) is 0 Å². The fraction of sp³-hybridized carbons (Fsp3) is 0.222. The minimum Gasteiger partial charge on any atom is -0.479 e. The largest absolute Gasteiger partial charge is 0.479 e. The quantitative estimate of drug-likeness (QED) is 0.488. The lowest BCUT2D eigenvalue weighted by Gasteiger charge is -2.14. The summed E-state index contributed by atoms with van der Waals surface area (Å²) < 4.78 is 30.8. The van der Waals surface area contributed by atoms with Crippen molar-refractivity contribution in [3.63, 3.8) is 0 Å². The zero-order valence-electron chi connectivity index (χ0n) is 13.6. The predicted molar refractivity (Wildman–Crippen MR) is 93.7 cm³/mol. The summed E-state index contributed by atoms with van der Waals surface area (Å²) in [6.07, 6.45) is 0. The molecule has 0 saturated heterocycles. The van der Waals surface area contributed by atoms with Gasteiger partial charge in [-0.1, -0.05) is 22.0 Å². The third-order valence-corrected chi connectivity index (χ3v) is 3.57. The monoisotopic (exact) mass is 407 g/mol. The van der Waals surface area contributed by atoms with Gasteiger partial charge in [0.05, 0.1) is 13.2 Å². The zero-order valence-corrected chi connectivity index (χ0v) is 15.2. The van der Waals surface area contributed by atoms with Crippen molar-refractivity contribution in [2.24, 2.45) is 0 Å². The van der Waals surface area contributed by atoms with E-state index in [1.807, 2.05) is 0 Å². The molecule has 0 heterocycles. The number of ether oxygens (including phenoxy) is 3. The van der Waals surface area contributed by atoms with Crippen LogP contribution in [0.3, 0.4) is 0 Å². The molecular weight excluding hydrogens is 393 g/mol. The minimum absolute atomic E-state index is 0.0320. The molecule has 0 aromatic heterocycles. The Bertz CT molecular complexity index is 833. The molecule has 0 saturated carbocycles. The lowest BCUT2D eigenvalue weighted by Crippen LogP contribution is -2.15. The fourth-order valence-electron chi connectivity index (χ4n) is 2.00. The molecule has 25 heavy (non-hydrogen) atoms. The van der Waals surface area contributed by atoms with Crippen molar-refractivity contribution in [2.45, 2.75) is 13.8 Å². The summed E-state index contributed by atoms with van der Waals surface area (Å²) >= 11 is 3.28. The second-order valence-electron chi connectivity index (χ2n) is 4.98. The Morgan fingerprint density at radius 3 is 2.76 bits per heavy atom. The molecule has 2 aromatic carbocycles. The SMILES string of the molecule is [C-]#[N+]c1cc(Br)cc(Oc2c(C)ccc(OCC(=O)OCC)c2F)c1. The van der Waals surface area contributed by atoms with Gasteiger partial charge in [-0.2, -0.15) is 4.39 Å². The molecule has 0 N–H and O–H groups in total. The molecule has 0 aliphatic carbocycles. The normalized spacial score (nSPS) is 10.0. The number of benzene rings is 2. The highest BCUT2D eigenvalue weighted by atomic mass is 79.9. The van der Waals surface area contributed by atoms with Crippen LogP contribution in [0.4, 0.5) is 10.1 Å². The highest BCUT2D eigenvalue weighted by Crippen LogP contribution is 2.36. The van der Waals surface area contributed by atoms with Crippen LogP contribution in [0.15, 0.2) is 34.8 Å². The number of nitrogens with zero attached hydrogens (tertiary/aromatic N) is 1. The van der Waals surface area contributed by atoms with Crippen LogP contribution in [-0.4, -0.2) is 19.2 Å². The number of carbonyl (C=O) groups is 1. The molecule has 0 atom stereocenters. The van der Waals surface area contributed by atoms with Gasteiger partial charge in [0.15, 0.2) is 23.8 Å². The summed E-state index contributed by atoms with van der Waals surface area (Å²) in [6.45, 7) is 10.3. The van der Waals surface area contributed by atoms with E-state index in [1.54, 1.807) is 32.0 Å². The van der Waals surface area contributed by atoms with Gasteiger partial charge in [0.25, 0.3) is 0 Å². The Balaban J connectivity index is 2.26. The summed E-state index contributed by atoms with van der Waals surface area (Å²) in [6, 6.07) is 7.79. The molecule has 0 amide bonds. The van der Waals surface area contributed by atoms with E-state index in [0.29, 0.717) is 21.5 Å². The summed E-state index contributed by atoms with van der Waals surface area (Å²) in [7, 11) is 0. The Labute approximate surface area is 153 Å². The van der Waals surface area contributed by atoms with Gasteiger partial charge in [-0.3, -0.25) is 0 Å². The number of hydrogen-bond donors (Lipinski definition) is 0. The molecule has 0 radical (unpaired) electrons. The van der Waals surface area contributed by atoms with E-state index in [9.17, 15) is 9.18 Å². The van der Waals surface area contributed by atoms with E-state index in [-0.39, 0.29) is 18.1 Å². The Morgan fingerprint density at radius 2 is 2.08 bits per heavy atom. The minimum atomic E-state index is -0.728. The second kappa shape index (κ2) is 8.49. The number of carbonyl (C=O) groups excluding carboxylic acids is 1. The molecule has 0 unspecified atom stereocenters. The summed E-state index contributed by atoms with van der Waals surface area (Å²) in [4.78, 5) is 14.7. The number of esters is 1. The molecule has 5 nitrogen and oxygen atoms in total. The molecule has 0 spiro atoms. The molecule has 0 fully saturated rings. The highest BCUT2D eigenvalue weighted by molar-refractivity contribution is 9.10. The molecule has 7 heteroatoms. The first-order chi connectivity index (χ1) is 11.9. The van der Waals surface area contributed by atoms with Crippen molar-refractivity contribution in [2.75, 3.05) is 13.2 Å². The van der Waals surface area contributed by atoms with Gasteiger partial charge in [-0.15, -0.1) is 0 Å². The maximum Gasteiger partial charge on any atom is 0.344 e. The van der Waals surface area contributed by atoms with E-state index < -0.39 is 18.4 Å². The second-order valence-corrected chi connectivity index (χ2v) is 5.89. The topological polar surface area (TPSA) is 49.1 Å². The van der Waals surface area contributed by atoms with Crippen LogP contribution in [0.2, 0.25) is 0 Å². The lowest BCUT2D eigenvalue weighted by atomic mass is 10.2. The van der Waals surface area contributed by atoms with Crippen LogP contribution in [-0.2, 0) is 9.53 Å². The van der Waals surface area contributed by atoms with Crippen molar-refractivity contribution in [1.29, 1.82) is 0 Å². The summed E-state index contributed by atoms with van der Waals surface area (Å²) in [5.74, 6) is -1.15. The number of halogens is 2. The van der Waals surface area contributed by atoms with Crippen LogP contribution in [0.1, 0.15) is 12.5 Å². The summed E-state index contributed by atoms with van der Waals surface area (Å²) in [5.41, 5.74) is 0.905. The van der Waals surface area contributed by atoms with Gasteiger partial charge in [-0.25, -0.2) is 9.64 Å². The van der Waals surface area contributed by atoms with Crippen LogP contribution in [0, 0.1) is 19.3 Å². The average molecular weight is 408 g/mol. The third-order valence-electron chi connectivity index (χ3n) is 3.11. The molecular formula is C18H15BrFNO4. The molecule has 0 bridgehead atoms. The van der Waals surface area contributed by atoms with E-state index >= 15 is 0 Å². The molecule has 2 aromatic rings. The van der Waals surface area contributed by atoms with Crippen molar-refractivity contribution in [3.05, 3.63) is 57.6 Å². The van der Waals surface area contributed by atoms with E-state index in [1.165, 1.54) is 12.1 Å². The van der Waals surface area contributed by atoms with Crippen LogP contribution in [0.5, 0.6) is 17.2 Å². The highest BCUT2D eigenvalue weighted by Gasteiger charge is 2.16. The van der Waals surface area contributed by atoms with Gasteiger partial charge in [0, 0.05) is 4.47 Å². The van der Waals surface area contributed by atoms with Gasteiger partial charge in [-0.05, 0) is 43.7 Å². The molecule has 130 valence electrons. The third kappa shape index (κ3) is 4.94. The van der Waals surface area contributed by atoms with Crippen molar-refractivity contribution in [3.8, 4) is 17.2 Å². The molecule has 0 aliphatic heterocycles. The Kier molecular flexibility index (Phi) is 6.37. The van der Waals surface area contributed by atoms with Gasteiger partial charge in [0.1, 0.15) is 5.75 Å². The standard InChI is InChI=1S/C18H15BrFNO4/c1-4-23-16(22)10-24-15-6-5-11(2)18(17(15)20)25-14-8-12(19)7-13(9-14)21-3/h5-9H,4,10H2,1-2H3. The predicted octanol–water partition coefficient (Wildman–Crippen LogP) is 5.18. The Morgan fingerprint density at radius 1 is 1.32 bits per heavy atom. The van der Waals surface area contributed by atoms with Crippen molar-refractivity contribution >= 4 is 27.6 Å². The maximum atomic E-state index is 14.7. The zero-order chi connectivity index (χ0) is 18.4. The fourth-order valence-corrected chi connectivity index (χ4v) is 2.46. The summed E-state index contributed by atoms with van der Waals surface area (Å²) in [5, 5.41) is 0. The first kappa shape index (κ1) is 18.7. The van der Waals surface area contributed by atoms with Crippen LogP contribution in [0.25, 0.3) is 4.85 Å². The van der Waals surface area contributed by atoms with Crippen LogP contribution >= 0.6 is 15.9 Å². The smallest absolute Gasteiger partial charge is 0.344 e. The van der Waals surface area contributed by atoms with Gasteiger partial charge < -0.3 is 14.2 Å². The Hall–Kier alpha value is -2.59. The first-order valence-corrected chi connectivity index (χ1v) is 8.17. The van der Waals surface area contributed by atoms with Gasteiger partial charge >= 0.3 is 5.97 Å². The van der Waals surface area contributed by atoms with E-state index in [0.717, 1.165) is 0 Å². The lowest BCUT2D eigenvalue weighted by molar-refractivity contribution is -0.145. The molecule has 2 rings (SSSR count). The number of hydrogen-bond acceptors (Lipinski definition) is 4. The average Bonchev–Trinajstić information content (AvgIpc) is 2.57. The van der Waals surface area contributed by atoms with Crippen LogP contribution < -0.4 is 9.47 Å².